The fourth-order valence-corrected chi connectivity index (χ4v) is 2.68. The number of halogens is 3. The van der Waals surface area contributed by atoms with E-state index in [4.69, 9.17) is 16.7 Å². The van der Waals surface area contributed by atoms with E-state index in [0.29, 0.717) is 22.9 Å². The summed E-state index contributed by atoms with van der Waals surface area (Å²) in [7, 11) is 0. The minimum Gasteiger partial charge on any atom is -0.481 e. The quantitative estimate of drug-likeness (QED) is 0.831. The van der Waals surface area contributed by atoms with Crippen LogP contribution in [0, 0.1) is 0 Å². The summed E-state index contributed by atoms with van der Waals surface area (Å²) in [6.45, 7) is 1.57. The van der Waals surface area contributed by atoms with Crippen molar-refractivity contribution < 1.29 is 18.7 Å². The minimum absolute atomic E-state index is 0.186. The Morgan fingerprint density at radius 2 is 2.12 bits per heavy atom. The maximum atomic E-state index is 12.7. The molecule has 94 valence electrons. The maximum Gasteiger partial charge on any atom is 0.371 e. The van der Waals surface area contributed by atoms with Gasteiger partial charge in [-0.3, -0.25) is 4.79 Å². The first-order valence-corrected chi connectivity index (χ1v) is 6.09. The standard InChI is InChI=1S/C11H11ClF2O2S/c1-7(17-11(12,13)14)9-5-3-2-4-8(9)6-10(15)16/h2-5,7H,6H2,1H3,(H,15,16). The number of rotatable bonds is 5. The zero-order valence-electron chi connectivity index (χ0n) is 8.99. The van der Waals surface area contributed by atoms with Crippen molar-refractivity contribution in [3.05, 3.63) is 35.4 Å². The summed E-state index contributed by atoms with van der Waals surface area (Å²) in [4.78, 5) is 10.6. The number of carbonyl (C=O) groups is 1. The van der Waals surface area contributed by atoms with E-state index in [9.17, 15) is 13.6 Å². The largest absolute Gasteiger partial charge is 0.481 e. The third kappa shape index (κ3) is 4.91. The van der Waals surface area contributed by atoms with Gasteiger partial charge >= 0.3 is 10.7 Å². The predicted octanol–water partition coefficient (Wildman–Crippen LogP) is 3.90. The number of hydrogen-bond acceptors (Lipinski definition) is 2. The Bertz CT molecular complexity index is 407. The lowest BCUT2D eigenvalue weighted by Crippen LogP contribution is -2.07. The van der Waals surface area contributed by atoms with Crippen LogP contribution in [0.25, 0.3) is 0 Å². The summed E-state index contributed by atoms with van der Waals surface area (Å²) in [6, 6.07) is 6.62. The van der Waals surface area contributed by atoms with E-state index in [-0.39, 0.29) is 6.42 Å². The molecule has 1 unspecified atom stereocenters. The lowest BCUT2D eigenvalue weighted by atomic mass is 10.0. The van der Waals surface area contributed by atoms with Gasteiger partial charge in [0.2, 0.25) is 0 Å². The molecule has 0 aliphatic rings. The number of benzene rings is 1. The van der Waals surface area contributed by atoms with Crippen LogP contribution < -0.4 is 0 Å². The third-order valence-corrected chi connectivity index (χ3v) is 3.29. The molecule has 0 spiro atoms. The highest BCUT2D eigenvalue weighted by atomic mass is 35.5. The van der Waals surface area contributed by atoms with Gasteiger partial charge in [-0.2, -0.15) is 8.78 Å². The van der Waals surface area contributed by atoms with E-state index in [0.717, 1.165) is 0 Å². The first-order chi connectivity index (χ1) is 7.79. The zero-order valence-corrected chi connectivity index (χ0v) is 10.6. The molecular weight excluding hydrogens is 270 g/mol. The van der Waals surface area contributed by atoms with Crippen molar-refractivity contribution in [2.75, 3.05) is 0 Å². The maximum absolute atomic E-state index is 12.7. The molecule has 1 rings (SSSR count). The second kappa shape index (κ2) is 5.69. The smallest absolute Gasteiger partial charge is 0.371 e. The van der Waals surface area contributed by atoms with Gasteiger partial charge in [-0.05, 0) is 29.7 Å². The summed E-state index contributed by atoms with van der Waals surface area (Å²) >= 11 is 5.14. The van der Waals surface area contributed by atoms with Crippen molar-refractivity contribution in [1.82, 2.24) is 0 Å². The highest BCUT2D eigenvalue weighted by Gasteiger charge is 2.30. The van der Waals surface area contributed by atoms with Gasteiger partial charge in [0.15, 0.2) is 0 Å². The molecule has 1 N–H and O–H groups in total. The van der Waals surface area contributed by atoms with Crippen LogP contribution in [0.3, 0.4) is 0 Å². The Kier molecular flexibility index (Phi) is 4.77. The van der Waals surface area contributed by atoms with Gasteiger partial charge in [-0.15, -0.1) is 0 Å². The minimum atomic E-state index is -3.35. The molecule has 1 aromatic carbocycles. The van der Waals surface area contributed by atoms with Crippen LogP contribution in [0.4, 0.5) is 8.78 Å². The topological polar surface area (TPSA) is 37.3 Å². The Morgan fingerprint density at radius 1 is 1.53 bits per heavy atom. The van der Waals surface area contributed by atoms with Crippen LogP contribution in [0.5, 0.6) is 0 Å². The van der Waals surface area contributed by atoms with Crippen molar-refractivity contribution in [2.45, 2.75) is 23.3 Å². The predicted molar refractivity (Wildman–Crippen MR) is 64.6 cm³/mol. The molecule has 2 nitrogen and oxygen atoms in total. The molecule has 0 saturated heterocycles. The van der Waals surface area contributed by atoms with E-state index in [2.05, 4.69) is 0 Å². The van der Waals surface area contributed by atoms with E-state index < -0.39 is 15.9 Å². The van der Waals surface area contributed by atoms with Crippen LogP contribution in [0.1, 0.15) is 23.3 Å². The molecule has 0 aliphatic carbocycles. The van der Waals surface area contributed by atoms with E-state index in [1.807, 2.05) is 0 Å². The van der Waals surface area contributed by atoms with E-state index in [1.54, 1.807) is 31.2 Å². The van der Waals surface area contributed by atoms with Gasteiger partial charge in [0.1, 0.15) is 0 Å². The zero-order chi connectivity index (χ0) is 13.1. The number of hydrogen-bond donors (Lipinski definition) is 1. The normalized spacial score (nSPS) is 13.4. The molecule has 1 atom stereocenters. The van der Waals surface area contributed by atoms with Crippen molar-refractivity contribution in [1.29, 1.82) is 0 Å². The van der Waals surface area contributed by atoms with Crippen LogP contribution in [0.15, 0.2) is 24.3 Å². The van der Waals surface area contributed by atoms with Crippen molar-refractivity contribution >= 4 is 29.3 Å². The monoisotopic (exact) mass is 280 g/mol. The Hall–Kier alpha value is -0.810. The molecule has 17 heavy (non-hydrogen) atoms. The number of aliphatic carboxylic acids is 1. The molecule has 0 radical (unpaired) electrons. The highest BCUT2D eigenvalue weighted by molar-refractivity contribution is 8.01. The van der Waals surface area contributed by atoms with Gasteiger partial charge in [0.25, 0.3) is 0 Å². The number of thioether (sulfide) groups is 1. The molecule has 0 bridgehead atoms. The Morgan fingerprint density at radius 3 is 2.65 bits per heavy atom. The summed E-state index contributed by atoms with van der Waals surface area (Å²) in [5.74, 6) is -0.993. The lowest BCUT2D eigenvalue weighted by molar-refractivity contribution is -0.136. The van der Waals surface area contributed by atoms with Gasteiger partial charge in [0, 0.05) is 5.25 Å². The van der Waals surface area contributed by atoms with Crippen LogP contribution in [0.2, 0.25) is 0 Å². The van der Waals surface area contributed by atoms with Crippen LogP contribution in [-0.2, 0) is 11.2 Å². The molecule has 6 heteroatoms. The average Bonchev–Trinajstić information content (AvgIpc) is 2.14. The van der Waals surface area contributed by atoms with Gasteiger partial charge in [-0.25, -0.2) is 0 Å². The molecule has 0 saturated carbocycles. The molecular formula is C11H11ClF2O2S. The SMILES string of the molecule is CC(SC(F)(F)Cl)c1ccccc1CC(=O)O. The van der Waals surface area contributed by atoms with Crippen molar-refractivity contribution in [3.63, 3.8) is 0 Å². The fourth-order valence-electron chi connectivity index (χ4n) is 1.52. The Labute approximate surface area is 107 Å². The fraction of sp³-hybridized carbons (Fsp3) is 0.364. The summed E-state index contributed by atoms with van der Waals surface area (Å²) < 4.78 is 22.0. The summed E-state index contributed by atoms with van der Waals surface area (Å²) in [6.07, 6.45) is -0.186. The molecule has 1 aromatic rings. The Balaban J connectivity index is 2.92. The first-order valence-electron chi connectivity index (χ1n) is 4.83. The molecule has 0 aliphatic heterocycles. The second-order valence-electron chi connectivity index (χ2n) is 3.48. The van der Waals surface area contributed by atoms with Crippen LogP contribution >= 0.6 is 23.4 Å². The molecule has 0 heterocycles. The van der Waals surface area contributed by atoms with Crippen molar-refractivity contribution in [2.24, 2.45) is 0 Å². The van der Waals surface area contributed by atoms with Gasteiger partial charge in [0.05, 0.1) is 6.42 Å². The van der Waals surface area contributed by atoms with Crippen molar-refractivity contribution in [3.8, 4) is 0 Å². The van der Waals surface area contributed by atoms with E-state index in [1.165, 1.54) is 0 Å². The lowest BCUT2D eigenvalue weighted by Gasteiger charge is -2.17. The first kappa shape index (κ1) is 14.3. The number of alkyl halides is 3. The molecule has 0 aromatic heterocycles. The number of carboxylic acid groups (broad SMARTS) is 1. The van der Waals surface area contributed by atoms with E-state index >= 15 is 0 Å². The van der Waals surface area contributed by atoms with Gasteiger partial charge < -0.3 is 5.11 Å². The third-order valence-electron chi connectivity index (χ3n) is 2.15. The second-order valence-corrected chi connectivity index (χ2v) is 5.63. The molecule has 0 fully saturated rings. The summed E-state index contributed by atoms with van der Waals surface area (Å²) in [5.41, 5.74) is 1.10. The number of carboxylic acids is 1. The summed E-state index contributed by atoms with van der Waals surface area (Å²) in [5, 5.41) is 8.15. The average molecular weight is 281 g/mol. The highest BCUT2D eigenvalue weighted by Crippen LogP contribution is 2.44. The van der Waals surface area contributed by atoms with Crippen LogP contribution in [-0.4, -0.2) is 15.8 Å². The van der Waals surface area contributed by atoms with Gasteiger partial charge in [-0.1, -0.05) is 36.0 Å². The molecule has 0 amide bonds.